The lowest BCUT2D eigenvalue weighted by atomic mass is 10.1. The van der Waals surface area contributed by atoms with Gasteiger partial charge in [-0.15, -0.1) is 12.4 Å². The Morgan fingerprint density at radius 3 is 1.35 bits per heavy atom. The van der Waals surface area contributed by atoms with Crippen LogP contribution in [0.5, 0.6) is 0 Å². The van der Waals surface area contributed by atoms with Gasteiger partial charge in [0.1, 0.15) is 13.2 Å². The Kier molecular flexibility index (Phi) is 40.6. The molecule has 2 aliphatic rings. The van der Waals surface area contributed by atoms with Crippen LogP contribution >= 0.6 is 12.4 Å². The lowest BCUT2D eigenvalue weighted by molar-refractivity contribution is -0.384. The molecule has 2 aliphatic heterocycles. The van der Waals surface area contributed by atoms with E-state index in [0.29, 0.717) is 57.3 Å². The molecule has 2 fully saturated rings. The number of nitrogen functional groups attached to an aromatic ring is 4. The van der Waals surface area contributed by atoms with Gasteiger partial charge in [-0.05, 0) is 115 Å². The van der Waals surface area contributed by atoms with Crippen LogP contribution in [0.15, 0.2) is 131 Å². The van der Waals surface area contributed by atoms with Crippen molar-refractivity contribution in [2.45, 2.75) is 122 Å². The number of non-ortho nitro benzene ring substituents is 1. The summed E-state index contributed by atoms with van der Waals surface area (Å²) in [6.07, 6.45) is 9.36. The first-order chi connectivity index (χ1) is 44.4. The van der Waals surface area contributed by atoms with Crippen LogP contribution in [-0.4, -0.2) is 137 Å². The second kappa shape index (κ2) is 47.4. The van der Waals surface area contributed by atoms with E-state index >= 15 is 0 Å². The fourth-order valence-corrected chi connectivity index (χ4v) is 7.93. The maximum absolute atomic E-state index is 11.7. The molecular weight excluding hydrogens is 1230 g/mol. The number of carbonyl (C=O) groups excluding carboxylic acids is 5. The fourth-order valence-electron chi connectivity index (χ4n) is 7.93. The quantitative estimate of drug-likeness (QED) is 0.00192. The van der Waals surface area contributed by atoms with Crippen LogP contribution in [-0.2, 0) is 84.9 Å². The molecule has 0 aromatic heterocycles. The van der Waals surface area contributed by atoms with Crippen LogP contribution in [0.1, 0.15) is 87.1 Å². The number of nitro benzene ring substituents is 1. The molecule has 0 bridgehead atoms. The number of aliphatic hydroxyl groups is 1. The zero-order valence-electron chi connectivity index (χ0n) is 53.1. The minimum absolute atomic E-state index is 0. The molecule has 7 rings (SSSR count). The summed E-state index contributed by atoms with van der Waals surface area (Å²) >= 11 is 0. The number of hydrazine groups is 1. The number of esters is 2. The second-order valence-electron chi connectivity index (χ2n) is 20.5. The van der Waals surface area contributed by atoms with E-state index in [0.717, 1.165) is 103 Å². The van der Waals surface area contributed by atoms with E-state index in [1.165, 1.54) is 26.4 Å². The molecule has 5 atom stereocenters. The Balaban J connectivity index is 0.000000399. The first-order valence-corrected chi connectivity index (χ1v) is 29.9. The summed E-state index contributed by atoms with van der Waals surface area (Å²) in [6.45, 7) is 8.19. The van der Waals surface area contributed by atoms with Gasteiger partial charge in [-0.25, -0.2) is 34.0 Å². The number of anilines is 4. The molecule has 0 aliphatic carbocycles. The third-order valence-electron chi connectivity index (χ3n) is 13.1. The van der Waals surface area contributed by atoms with Crippen molar-refractivity contribution in [1.29, 1.82) is 0 Å². The third-order valence-corrected chi connectivity index (χ3v) is 13.1. The molecule has 3 amide bonds. The number of nitrogens with one attached hydrogen (secondary N) is 4. The van der Waals surface area contributed by atoms with Crippen molar-refractivity contribution in [1.82, 2.24) is 16.0 Å². The van der Waals surface area contributed by atoms with Gasteiger partial charge >= 0.3 is 30.2 Å². The summed E-state index contributed by atoms with van der Waals surface area (Å²) in [6, 6.07) is 34.2. The van der Waals surface area contributed by atoms with Gasteiger partial charge in [0.2, 0.25) is 12.8 Å². The van der Waals surface area contributed by atoms with E-state index in [4.69, 9.17) is 61.5 Å². The van der Waals surface area contributed by atoms with Gasteiger partial charge in [0.15, 0.2) is 12.1 Å². The van der Waals surface area contributed by atoms with Crippen LogP contribution in [0.3, 0.4) is 0 Å². The molecule has 29 heteroatoms. The molecule has 0 unspecified atom stereocenters. The maximum atomic E-state index is 11.7. The zero-order valence-corrected chi connectivity index (χ0v) is 54.0. The Morgan fingerprint density at radius 1 is 0.624 bits per heavy atom. The Bertz CT molecular complexity index is 2970. The number of alkyl carbamates (subject to hydrolysis) is 3. The number of hydrogen-bond donors (Lipinski definition) is 9. The number of amides is 3. The van der Waals surface area contributed by atoms with E-state index in [-0.39, 0.29) is 61.4 Å². The minimum Gasteiger partial charge on any atom is -0.467 e. The highest BCUT2D eigenvalue weighted by Crippen LogP contribution is 2.17. The Hall–Kier alpha value is -9.48. The van der Waals surface area contributed by atoms with E-state index < -0.39 is 35.0 Å². The first kappa shape index (κ1) is 79.6. The van der Waals surface area contributed by atoms with Gasteiger partial charge in [-0.1, -0.05) is 101 Å². The Morgan fingerprint density at radius 2 is 1.00 bits per heavy atom. The van der Waals surface area contributed by atoms with Crippen molar-refractivity contribution in [3.05, 3.63) is 159 Å². The van der Waals surface area contributed by atoms with Gasteiger partial charge in [0, 0.05) is 47.7 Å². The molecule has 2 saturated heterocycles. The number of hydrogen-bond acceptors (Lipinski definition) is 24. The summed E-state index contributed by atoms with van der Waals surface area (Å²) < 4.78 is 24.0. The summed E-state index contributed by atoms with van der Waals surface area (Å²) in [5.74, 6) is 4.29. The highest BCUT2D eigenvalue weighted by atomic mass is 35.5. The lowest BCUT2D eigenvalue weighted by Gasteiger charge is -2.16. The van der Waals surface area contributed by atoms with Crippen LogP contribution in [0.2, 0.25) is 0 Å². The number of cyclic esters (lactones) is 2. The largest absolute Gasteiger partial charge is 0.467 e. The van der Waals surface area contributed by atoms with Gasteiger partial charge in [-0.2, -0.15) is 9.78 Å². The molecule has 0 radical (unpaired) electrons. The SMILES string of the molecule is CCCCOC(=O)N[C@H](CO)Cc1ccc(N)cc1.CCCCOOC=N[C@@H](Cc1ccc(N)cc1)C(=O)OC.CCCCOOC=N[C@@H](Cc1ccc([N+](=O)[O-])cc1)C(=O)OC.Cl.NNc1ccc(C[C@H]2COC(=O)N2)cc1.Nc1ccc(C[C@H]2COC(=O)N2)cc1. The minimum atomic E-state index is -0.809. The number of nitro groups is 1. The standard InChI is InChI=1S/C15H20N2O6.C15H22N2O4.C14H22N2O3.C10H13N3O2.C10H12N2O2.ClH/c1-3-4-9-22-23-11-16-14(15(18)21-2)10-12-5-7-13(8-6-12)17(19)20;1-3-4-9-20-21-11-17-14(15(18)19-2)10-12-5-7-13(16)8-6-12;1-2-3-8-19-14(18)16-13(10-17)9-11-4-6-12(15)7-5-11;11-13-8-3-1-7(2-4-8)5-9-6-15-10(14)12-9;11-8-3-1-7(2-4-8)5-9-6-14-10(13)12-9;/h5-8,11,14H,3-4,9-10H2,1-2H3;5-8,11,14H,3-4,9-10,16H2,1-2H3;4-7,13,17H,2-3,8-10,15H2,1H3,(H,16,18);1-4,9,13H,5-6,11H2,(H,12,14);1-4,9H,5-6,11H2,(H,12,13);1H/t2*14-;13-;2*9-;/m00000./s1. The second-order valence-corrected chi connectivity index (χ2v) is 20.5. The summed E-state index contributed by atoms with van der Waals surface area (Å²) in [5, 5.41) is 28.0. The van der Waals surface area contributed by atoms with Crippen LogP contribution in [0.25, 0.3) is 0 Å². The molecule has 0 spiro atoms. The summed E-state index contributed by atoms with van der Waals surface area (Å²) in [5.41, 5.74) is 27.3. The number of unbranched alkanes of at least 4 members (excludes halogenated alkanes) is 3. The number of nitrogens with zero attached hydrogens (tertiary/aromatic N) is 3. The van der Waals surface area contributed by atoms with Gasteiger partial charge < -0.3 is 77.1 Å². The number of halogens is 1. The molecule has 13 N–H and O–H groups in total. The van der Waals surface area contributed by atoms with Crippen molar-refractivity contribution >= 4 is 83.9 Å². The molecule has 2 heterocycles. The monoisotopic (exact) mass is 1320 g/mol. The lowest BCUT2D eigenvalue weighted by Crippen LogP contribution is -2.39. The fraction of sp³-hybridized carbons (Fsp3) is 0.422. The maximum Gasteiger partial charge on any atom is 0.407 e. The molecule has 28 nitrogen and oxygen atoms in total. The van der Waals surface area contributed by atoms with E-state index in [1.807, 2.05) is 86.6 Å². The van der Waals surface area contributed by atoms with Crippen molar-refractivity contribution in [2.75, 3.05) is 76.5 Å². The highest BCUT2D eigenvalue weighted by molar-refractivity contribution is 5.85. The smallest absolute Gasteiger partial charge is 0.407 e. The van der Waals surface area contributed by atoms with E-state index in [9.17, 15) is 39.2 Å². The topological polar surface area (TPSA) is 409 Å². The van der Waals surface area contributed by atoms with Crippen molar-refractivity contribution < 1.29 is 77.2 Å². The number of nitrogens with two attached hydrogens (primary N) is 4. The van der Waals surface area contributed by atoms with Crippen molar-refractivity contribution in [3.8, 4) is 0 Å². The van der Waals surface area contributed by atoms with Gasteiger partial charge in [0.05, 0.1) is 63.7 Å². The van der Waals surface area contributed by atoms with Crippen molar-refractivity contribution in [3.63, 3.8) is 0 Å². The van der Waals surface area contributed by atoms with Crippen LogP contribution in [0.4, 0.5) is 42.8 Å². The molecule has 93 heavy (non-hydrogen) atoms. The summed E-state index contributed by atoms with van der Waals surface area (Å²) in [7, 11) is 2.59. The highest BCUT2D eigenvalue weighted by Gasteiger charge is 2.24. The molecule has 0 saturated carbocycles. The first-order valence-electron chi connectivity index (χ1n) is 29.9. The van der Waals surface area contributed by atoms with E-state index in [2.05, 4.69) is 43.0 Å². The number of rotatable bonds is 31. The normalized spacial score (nSPS) is 14.4. The predicted molar refractivity (Wildman–Crippen MR) is 355 cm³/mol. The van der Waals surface area contributed by atoms with Gasteiger partial charge in [0.25, 0.3) is 5.69 Å². The number of aliphatic imine (C=N–C) groups is 2. The molecule has 5 aromatic carbocycles. The average molecular weight is 1320 g/mol. The number of ether oxygens (including phenoxy) is 5. The molecule has 510 valence electrons. The number of benzene rings is 5. The number of aliphatic hydroxyl groups excluding tert-OH is 1. The van der Waals surface area contributed by atoms with Gasteiger partial charge in [-0.3, -0.25) is 16.0 Å². The van der Waals surface area contributed by atoms with Crippen LogP contribution < -0.4 is 44.4 Å². The number of methoxy groups -OCH3 is 2. The summed E-state index contributed by atoms with van der Waals surface area (Å²) in [4.78, 5) is 93.8. The van der Waals surface area contributed by atoms with Crippen molar-refractivity contribution in [2.24, 2.45) is 15.8 Å². The molecule has 5 aromatic rings. The molecular formula is C64H90ClN11O17. The third kappa shape index (κ3) is 35.1. The van der Waals surface area contributed by atoms with E-state index in [1.54, 1.807) is 36.4 Å². The van der Waals surface area contributed by atoms with Crippen LogP contribution in [0, 0.1) is 10.1 Å². The Labute approximate surface area is 548 Å². The number of carbonyl (C=O) groups is 5. The average Bonchev–Trinajstić information content (AvgIpc) is 4.45. The zero-order chi connectivity index (χ0) is 67.3. The predicted octanol–water partition coefficient (Wildman–Crippen LogP) is 8.25.